The molecule has 2 aromatic rings. The summed E-state index contributed by atoms with van der Waals surface area (Å²) in [6.07, 6.45) is 2.54. The molecule has 110 valence electrons. The van der Waals surface area contributed by atoms with Gasteiger partial charge in [-0.3, -0.25) is 0 Å². The van der Waals surface area contributed by atoms with Gasteiger partial charge in [0, 0.05) is 22.7 Å². The number of carboxylic acids is 1. The Morgan fingerprint density at radius 3 is 2.90 bits per heavy atom. The van der Waals surface area contributed by atoms with Gasteiger partial charge in [-0.05, 0) is 31.2 Å². The number of carbonyl (C=O) groups is 1. The van der Waals surface area contributed by atoms with E-state index in [1.165, 1.54) is 17.4 Å². The molecular formula is C15H15NO4S. The van der Waals surface area contributed by atoms with Gasteiger partial charge in [-0.15, -0.1) is 11.3 Å². The van der Waals surface area contributed by atoms with Crippen molar-refractivity contribution in [3.05, 3.63) is 45.9 Å². The van der Waals surface area contributed by atoms with Gasteiger partial charge in [0.2, 0.25) is 0 Å². The van der Waals surface area contributed by atoms with Crippen LogP contribution in [0.1, 0.15) is 16.3 Å². The summed E-state index contributed by atoms with van der Waals surface area (Å²) in [6.45, 7) is 2.27. The first kappa shape index (κ1) is 15.1. The van der Waals surface area contributed by atoms with Gasteiger partial charge in [-0.2, -0.15) is 0 Å². The molecule has 1 aromatic heterocycles. The number of benzene rings is 1. The molecule has 0 fully saturated rings. The molecule has 5 nitrogen and oxygen atoms in total. The van der Waals surface area contributed by atoms with Crippen LogP contribution in [0.25, 0.3) is 6.08 Å². The Morgan fingerprint density at radius 2 is 2.29 bits per heavy atom. The number of carboxylic acid groups (broad SMARTS) is 1. The van der Waals surface area contributed by atoms with Crippen LogP contribution in [0.4, 0.5) is 0 Å². The molecule has 1 aromatic carbocycles. The van der Waals surface area contributed by atoms with Crippen molar-refractivity contribution in [1.82, 2.24) is 4.98 Å². The lowest BCUT2D eigenvalue weighted by atomic mass is 10.1. The van der Waals surface area contributed by atoms with Crippen LogP contribution >= 0.6 is 11.3 Å². The molecule has 0 saturated carbocycles. The molecule has 0 radical (unpaired) electrons. The molecule has 0 unspecified atom stereocenters. The molecule has 21 heavy (non-hydrogen) atoms. The average Bonchev–Trinajstić information content (AvgIpc) is 2.88. The minimum absolute atomic E-state index is 0.346. The van der Waals surface area contributed by atoms with Crippen molar-refractivity contribution >= 4 is 23.4 Å². The number of nitrogens with zero attached hydrogens (tertiary/aromatic N) is 1. The van der Waals surface area contributed by atoms with E-state index in [1.807, 2.05) is 12.3 Å². The van der Waals surface area contributed by atoms with Crippen LogP contribution < -0.4 is 9.47 Å². The summed E-state index contributed by atoms with van der Waals surface area (Å²) in [5.74, 6) is 0.206. The number of rotatable bonds is 6. The number of aryl methyl sites for hydroxylation is 1. The highest BCUT2D eigenvalue weighted by Gasteiger charge is 2.06. The highest BCUT2D eigenvalue weighted by Crippen LogP contribution is 2.26. The Morgan fingerprint density at radius 1 is 1.48 bits per heavy atom. The van der Waals surface area contributed by atoms with Crippen molar-refractivity contribution in [3.8, 4) is 11.5 Å². The van der Waals surface area contributed by atoms with Crippen LogP contribution in [0, 0.1) is 6.92 Å². The predicted molar refractivity (Wildman–Crippen MR) is 80.8 cm³/mol. The van der Waals surface area contributed by atoms with E-state index in [4.69, 9.17) is 14.6 Å². The molecule has 2 rings (SSSR count). The fraction of sp³-hybridized carbons (Fsp3) is 0.200. The van der Waals surface area contributed by atoms with Gasteiger partial charge in [-0.1, -0.05) is 0 Å². The molecule has 0 aliphatic heterocycles. The molecule has 0 saturated heterocycles. The molecule has 0 atom stereocenters. The fourth-order valence-corrected chi connectivity index (χ4v) is 2.37. The lowest BCUT2D eigenvalue weighted by Crippen LogP contribution is -1.97. The van der Waals surface area contributed by atoms with E-state index in [9.17, 15) is 4.79 Å². The van der Waals surface area contributed by atoms with E-state index in [1.54, 1.807) is 25.3 Å². The SMILES string of the molecule is COc1ccc(OCc2nc(C)cs2)c(/C=C/C(=O)O)c1. The summed E-state index contributed by atoms with van der Waals surface area (Å²) in [4.78, 5) is 15.0. The number of thiazole rings is 1. The second-order valence-corrected chi connectivity index (χ2v) is 5.19. The topological polar surface area (TPSA) is 68.7 Å². The number of aromatic nitrogens is 1. The Labute approximate surface area is 126 Å². The van der Waals surface area contributed by atoms with Gasteiger partial charge < -0.3 is 14.6 Å². The second kappa shape index (κ2) is 6.90. The number of hydrogen-bond donors (Lipinski definition) is 1. The maximum Gasteiger partial charge on any atom is 0.328 e. The number of aliphatic carboxylic acids is 1. The first-order chi connectivity index (χ1) is 10.1. The van der Waals surface area contributed by atoms with E-state index in [-0.39, 0.29) is 0 Å². The maximum atomic E-state index is 10.7. The number of methoxy groups -OCH3 is 1. The zero-order valence-corrected chi connectivity index (χ0v) is 12.5. The highest BCUT2D eigenvalue weighted by molar-refractivity contribution is 7.09. The smallest absolute Gasteiger partial charge is 0.328 e. The summed E-state index contributed by atoms with van der Waals surface area (Å²) < 4.78 is 10.9. The molecule has 6 heteroatoms. The third kappa shape index (κ3) is 4.32. The fourth-order valence-electron chi connectivity index (χ4n) is 1.68. The van der Waals surface area contributed by atoms with E-state index < -0.39 is 5.97 Å². The average molecular weight is 305 g/mol. The minimum atomic E-state index is -1.01. The van der Waals surface area contributed by atoms with Gasteiger partial charge in [-0.25, -0.2) is 9.78 Å². The first-order valence-electron chi connectivity index (χ1n) is 6.21. The van der Waals surface area contributed by atoms with Crippen molar-refractivity contribution < 1.29 is 19.4 Å². The highest BCUT2D eigenvalue weighted by atomic mass is 32.1. The van der Waals surface area contributed by atoms with Crippen molar-refractivity contribution in [2.45, 2.75) is 13.5 Å². The molecule has 0 spiro atoms. The Kier molecular flexibility index (Phi) is 4.94. The van der Waals surface area contributed by atoms with Gasteiger partial charge in [0.1, 0.15) is 23.1 Å². The van der Waals surface area contributed by atoms with Crippen LogP contribution in [0.5, 0.6) is 11.5 Å². The van der Waals surface area contributed by atoms with Crippen molar-refractivity contribution in [2.24, 2.45) is 0 Å². The largest absolute Gasteiger partial charge is 0.497 e. The van der Waals surface area contributed by atoms with Crippen LogP contribution in [-0.4, -0.2) is 23.2 Å². The third-order valence-electron chi connectivity index (χ3n) is 2.64. The molecule has 1 heterocycles. The molecule has 0 aliphatic rings. The summed E-state index contributed by atoms with van der Waals surface area (Å²) in [6, 6.07) is 5.24. The zero-order valence-electron chi connectivity index (χ0n) is 11.7. The normalized spacial score (nSPS) is 10.8. The van der Waals surface area contributed by atoms with Crippen LogP contribution in [0.15, 0.2) is 29.7 Å². The van der Waals surface area contributed by atoms with Crippen LogP contribution in [-0.2, 0) is 11.4 Å². The van der Waals surface area contributed by atoms with Crippen LogP contribution in [0.2, 0.25) is 0 Å². The summed E-state index contributed by atoms with van der Waals surface area (Å²) in [7, 11) is 1.55. The molecule has 0 bridgehead atoms. The Hall–Kier alpha value is -2.34. The van der Waals surface area contributed by atoms with E-state index in [2.05, 4.69) is 4.98 Å². The van der Waals surface area contributed by atoms with E-state index in [0.717, 1.165) is 16.8 Å². The lowest BCUT2D eigenvalue weighted by Gasteiger charge is -2.09. The van der Waals surface area contributed by atoms with Crippen molar-refractivity contribution in [2.75, 3.05) is 7.11 Å². The number of ether oxygens (including phenoxy) is 2. The minimum Gasteiger partial charge on any atom is -0.497 e. The monoisotopic (exact) mass is 305 g/mol. The summed E-state index contributed by atoms with van der Waals surface area (Å²) in [5.41, 5.74) is 1.60. The van der Waals surface area contributed by atoms with Gasteiger partial charge >= 0.3 is 5.97 Å². The Bertz CT molecular complexity index is 663. The molecule has 0 amide bonds. The Balaban J connectivity index is 2.18. The molecule has 1 N–H and O–H groups in total. The lowest BCUT2D eigenvalue weighted by molar-refractivity contribution is -0.131. The number of hydrogen-bond acceptors (Lipinski definition) is 5. The first-order valence-corrected chi connectivity index (χ1v) is 7.09. The van der Waals surface area contributed by atoms with Gasteiger partial charge in [0.15, 0.2) is 0 Å². The van der Waals surface area contributed by atoms with E-state index >= 15 is 0 Å². The van der Waals surface area contributed by atoms with E-state index in [0.29, 0.717) is 23.7 Å². The predicted octanol–water partition coefficient (Wildman–Crippen LogP) is 3.14. The van der Waals surface area contributed by atoms with Gasteiger partial charge in [0.05, 0.1) is 7.11 Å². The van der Waals surface area contributed by atoms with Gasteiger partial charge in [0.25, 0.3) is 0 Å². The maximum absolute atomic E-state index is 10.7. The molecular weight excluding hydrogens is 290 g/mol. The van der Waals surface area contributed by atoms with Crippen LogP contribution in [0.3, 0.4) is 0 Å². The summed E-state index contributed by atoms with van der Waals surface area (Å²) in [5, 5.41) is 11.6. The quantitative estimate of drug-likeness (QED) is 0.830. The van der Waals surface area contributed by atoms with Crippen molar-refractivity contribution in [3.63, 3.8) is 0 Å². The molecule has 0 aliphatic carbocycles. The second-order valence-electron chi connectivity index (χ2n) is 4.25. The third-order valence-corrected chi connectivity index (χ3v) is 3.58. The van der Waals surface area contributed by atoms with Crippen molar-refractivity contribution in [1.29, 1.82) is 0 Å². The zero-order chi connectivity index (χ0) is 15.2. The standard InChI is InChI=1S/C15H15NO4S/c1-10-9-21-14(16-10)8-20-13-5-4-12(19-2)7-11(13)3-6-15(17)18/h3-7,9H,8H2,1-2H3,(H,17,18)/b6-3+. The summed E-state index contributed by atoms with van der Waals surface area (Å²) >= 11 is 1.53.